The summed E-state index contributed by atoms with van der Waals surface area (Å²) in [6.07, 6.45) is 3.10. The molecule has 0 amide bonds. The zero-order valence-electron chi connectivity index (χ0n) is 19.6. The quantitative estimate of drug-likeness (QED) is 0.545. The third kappa shape index (κ3) is 3.94. The molecule has 4 rings (SSSR count). The molecule has 2 fully saturated rings. The van der Waals surface area contributed by atoms with Gasteiger partial charge in [0.25, 0.3) is 0 Å². The molecule has 2 aliphatic rings. The highest BCUT2D eigenvalue weighted by atomic mass is 16.5. The van der Waals surface area contributed by atoms with Crippen LogP contribution in [-0.4, -0.2) is 29.4 Å². The number of aliphatic hydroxyl groups is 1. The van der Waals surface area contributed by atoms with E-state index in [4.69, 9.17) is 13.9 Å². The van der Waals surface area contributed by atoms with Gasteiger partial charge in [0, 0.05) is 29.7 Å². The van der Waals surface area contributed by atoms with Crippen LogP contribution in [0.2, 0.25) is 0 Å². The molecule has 2 saturated carbocycles. The number of carbonyl (C=O) groups is 1. The molecule has 32 heavy (non-hydrogen) atoms. The number of hydrogen-bond donors (Lipinski definition) is 1. The standard InChI is InChI=1S/C26H34O6/c1-16(27)31-22-11-12-25(4)20(24(22,2)3)10-13-26(5,29)21(25)15-30-18-7-8-19-17(14-18)6-9-23(28)32-19/h6-9,14,20-22,29H,10-13,15H2,1-5H3/t20-,21-,22+,25-,26+/m0/s1. The summed E-state index contributed by atoms with van der Waals surface area (Å²) in [5.41, 5.74) is -1.04. The van der Waals surface area contributed by atoms with E-state index in [1.807, 2.05) is 13.0 Å². The normalized spacial score (nSPS) is 34.0. The first-order chi connectivity index (χ1) is 14.9. The molecule has 5 atom stereocenters. The first-order valence-electron chi connectivity index (χ1n) is 11.5. The van der Waals surface area contributed by atoms with Crippen LogP contribution < -0.4 is 10.4 Å². The lowest BCUT2D eigenvalue weighted by Crippen LogP contribution is -2.62. The van der Waals surface area contributed by atoms with Crippen molar-refractivity contribution < 1.29 is 23.8 Å². The Labute approximate surface area is 188 Å². The average Bonchev–Trinajstić information content (AvgIpc) is 2.69. The molecule has 174 valence electrons. The van der Waals surface area contributed by atoms with Crippen molar-refractivity contribution in [1.82, 2.24) is 0 Å². The molecular weight excluding hydrogens is 408 g/mol. The van der Waals surface area contributed by atoms with Crippen LogP contribution >= 0.6 is 0 Å². The molecule has 6 heteroatoms. The summed E-state index contributed by atoms with van der Waals surface area (Å²) in [7, 11) is 0. The summed E-state index contributed by atoms with van der Waals surface area (Å²) in [6.45, 7) is 10.4. The highest BCUT2D eigenvalue weighted by Crippen LogP contribution is 2.62. The van der Waals surface area contributed by atoms with Gasteiger partial charge in [-0.2, -0.15) is 0 Å². The highest BCUT2D eigenvalue weighted by Gasteiger charge is 2.61. The van der Waals surface area contributed by atoms with E-state index in [0.717, 1.165) is 24.6 Å². The zero-order valence-corrected chi connectivity index (χ0v) is 19.6. The molecule has 1 N–H and O–H groups in total. The minimum atomic E-state index is -0.848. The summed E-state index contributed by atoms with van der Waals surface area (Å²) >= 11 is 0. The average molecular weight is 443 g/mol. The van der Waals surface area contributed by atoms with Crippen LogP contribution in [0.15, 0.2) is 39.5 Å². The third-order valence-corrected chi connectivity index (χ3v) is 8.27. The van der Waals surface area contributed by atoms with Crippen molar-refractivity contribution >= 4 is 16.9 Å². The van der Waals surface area contributed by atoms with Gasteiger partial charge >= 0.3 is 11.6 Å². The van der Waals surface area contributed by atoms with Crippen molar-refractivity contribution in [2.75, 3.05) is 6.61 Å². The van der Waals surface area contributed by atoms with Crippen molar-refractivity contribution in [3.8, 4) is 5.75 Å². The molecule has 6 nitrogen and oxygen atoms in total. The van der Waals surface area contributed by atoms with E-state index in [-0.39, 0.29) is 34.4 Å². The van der Waals surface area contributed by atoms with Crippen LogP contribution in [0, 0.1) is 22.7 Å². The summed E-state index contributed by atoms with van der Waals surface area (Å²) in [5.74, 6) is 0.672. The molecule has 0 saturated heterocycles. The van der Waals surface area contributed by atoms with Gasteiger partial charge in [0.2, 0.25) is 0 Å². The molecule has 0 spiro atoms. The minimum absolute atomic E-state index is 0.0734. The van der Waals surface area contributed by atoms with E-state index < -0.39 is 5.60 Å². The van der Waals surface area contributed by atoms with Gasteiger partial charge in [-0.15, -0.1) is 0 Å². The topological polar surface area (TPSA) is 86.0 Å². The summed E-state index contributed by atoms with van der Waals surface area (Å²) in [4.78, 5) is 23.1. The van der Waals surface area contributed by atoms with E-state index in [2.05, 4.69) is 20.8 Å². The second kappa shape index (κ2) is 7.91. The second-order valence-corrected chi connectivity index (χ2v) is 10.7. The third-order valence-electron chi connectivity index (χ3n) is 8.27. The predicted octanol–water partition coefficient (Wildman–Crippen LogP) is 4.71. The Balaban J connectivity index is 1.59. The van der Waals surface area contributed by atoms with Crippen LogP contribution in [0.25, 0.3) is 11.0 Å². The summed E-state index contributed by atoms with van der Waals surface area (Å²) in [5, 5.41) is 12.2. The first-order valence-corrected chi connectivity index (χ1v) is 11.5. The SMILES string of the molecule is CC(=O)O[C@@H]1CC[C@@]2(C)[C@@H](CC[C@@](C)(O)[C@H]2COc2ccc3oc(=O)ccc3c2)C1(C)C. The summed E-state index contributed by atoms with van der Waals surface area (Å²) in [6, 6.07) is 8.51. The molecular formula is C26H34O6. The highest BCUT2D eigenvalue weighted by molar-refractivity contribution is 5.77. The smallest absolute Gasteiger partial charge is 0.336 e. The molecule has 2 aliphatic carbocycles. The van der Waals surface area contributed by atoms with Gasteiger partial charge in [-0.05, 0) is 68.2 Å². The fraction of sp³-hybridized carbons (Fsp3) is 0.615. The molecule has 1 aromatic carbocycles. The Bertz CT molecular complexity index is 1070. The van der Waals surface area contributed by atoms with E-state index in [0.29, 0.717) is 30.3 Å². The lowest BCUT2D eigenvalue weighted by atomic mass is 9.45. The zero-order chi connectivity index (χ0) is 23.3. The number of fused-ring (bicyclic) bond motifs is 2. The van der Waals surface area contributed by atoms with E-state index in [1.54, 1.807) is 18.2 Å². The Kier molecular flexibility index (Phi) is 5.64. The fourth-order valence-corrected chi connectivity index (χ4v) is 6.60. The lowest BCUT2D eigenvalue weighted by Gasteiger charge is -2.62. The number of ether oxygens (including phenoxy) is 2. The number of carbonyl (C=O) groups excluding carboxylic acids is 1. The second-order valence-electron chi connectivity index (χ2n) is 10.7. The molecule has 0 aliphatic heterocycles. The van der Waals surface area contributed by atoms with E-state index >= 15 is 0 Å². The van der Waals surface area contributed by atoms with E-state index in [1.165, 1.54) is 13.0 Å². The largest absolute Gasteiger partial charge is 0.493 e. The van der Waals surface area contributed by atoms with Gasteiger partial charge in [0.1, 0.15) is 17.4 Å². The van der Waals surface area contributed by atoms with E-state index in [9.17, 15) is 14.7 Å². The molecule has 2 aromatic rings. The van der Waals surface area contributed by atoms with Gasteiger partial charge in [0.15, 0.2) is 0 Å². The molecule has 1 aromatic heterocycles. The van der Waals surface area contributed by atoms with Gasteiger partial charge in [0.05, 0.1) is 12.2 Å². The summed E-state index contributed by atoms with van der Waals surface area (Å²) < 4.78 is 17.1. The van der Waals surface area contributed by atoms with Gasteiger partial charge in [-0.25, -0.2) is 4.79 Å². The monoisotopic (exact) mass is 442 g/mol. The van der Waals surface area contributed by atoms with Crippen molar-refractivity contribution in [2.24, 2.45) is 22.7 Å². The lowest BCUT2D eigenvalue weighted by molar-refractivity contribution is -0.210. The fourth-order valence-electron chi connectivity index (χ4n) is 6.60. The molecule has 0 radical (unpaired) electrons. The van der Waals surface area contributed by atoms with Crippen LogP contribution in [0.5, 0.6) is 5.75 Å². The predicted molar refractivity (Wildman–Crippen MR) is 121 cm³/mol. The molecule has 0 unspecified atom stereocenters. The van der Waals surface area contributed by atoms with Crippen molar-refractivity contribution in [3.63, 3.8) is 0 Å². The number of hydrogen-bond acceptors (Lipinski definition) is 6. The van der Waals surface area contributed by atoms with Crippen LogP contribution in [0.4, 0.5) is 0 Å². The number of benzene rings is 1. The Morgan fingerprint density at radius 1 is 1.12 bits per heavy atom. The Hall–Kier alpha value is -2.34. The first kappa shape index (κ1) is 22.8. The Morgan fingerprint density at radius 2 is 1.88 bits per heavy atom. The van der Waals surface area contributed by atoms with Crippen LogP contribution in [-0.2, 0) is 9.53 Å². The van der Waals surface area contributed by atoms with Crippen LogP contribution in [0.1, 0.15) is 60.3 Å². The van der Waals surface area contributed by atoms with Crippen molar-refractivity contribution in [2.45, 2.75) is 72.0 Å². The maximum Gasteiger partial charge on any atom is 0.336 e. The van der Waals surface area contributed by atoms with Gasteiger partial charge in [-0.1, -0.05) is 20.8 Å². The minimum Gasteiger partial charge on any atom is -0.493 e. The number of esters is 1. The van der Waals surface area contributed by atoms with Gasteiger partial charge < -0.3 is 19.0 Å². The number of rotatable bonds is 4. The van der Waals surface area contributed by atoms with Gasteiger partial charge in [-0.3, -0.25) is 4.79 Å². The maximum atomic E-state index is 11.7. The van der Waals surface area contributed by atoms with Crippen molar-refractivity contribution in [3.05, 3.63) is 40.8 Å². The molecule has 1 heterocycles. The maximum absolute atomic E-state index is 11.7. The van der Waals surface area contributed by atoms with Crippen molar-refractivity contribution in [1.29, 1.82) is 0 Å². The molecule has 0 bridgehead atoms. The Morgan fingerprint density at radius 3 is 2.59 bits per heavy atom. The van der Waals surface area contributed by atoms with Crippen LogP contribution in [0.3, 0.4) is 0 Å².